The van der Waals surface area contributed by atoms with Crippen LogP contribution in [0.2, 0.25) is 0 Å². The first-order valence-corrected chi connectivity index (χ1v) is 37.0. The Hall–Kier alpha value is -11.1. The van der Waals surface area contributed by atoms with E-state index < -0.39 is 146 Å². The van der Waals surface area contributed by atoms with Crippen molar-refractivity contribution in [2.75, 3.05) is 26.2 Å². The predicted octanol–water partition coefficient (Wildman–Crippen LogP) is 3.89. The van der Waals surface area contributed by atoms with Crippen LogP contribution in [0.1, 0.15) is 164 Å². The van der Waals surface area contributed by atoms with Crippen LogP contribution in [0.3, 0.4) is 0 Å². The van der Waals surface area contributed by atoms with E-state index >= 15 is 0 Å². The van der Waals surface area contributed by atoms with E-state index in [9.17, 15) is 87.5 Å². The van der Waals surface area contributed by atoms with E-state index in [1.807, 2.05) is 121 Å². The first-order chi connectivity index (χ1) is 52.4. The molecule has 0 aliphatic carbocycles. The molecule has 0 radical (unpaired) electrons. The molecule has 0 saturated carbocycles. The number of aliphatic carboxylic acids is 6. The Morgan fingerprint density at radius 2 is 0.523 bits per heavy atom. The molecule has 0 heterocycles. The maximum absolute atomic E-state index is 14.6. The average Bonchev–Trinajstić information content (AvgIpc) is 0.859. The van der Waals surface area contributed by atoms with Crippen LogP contribution in [0.15, 0.2) is 121 Å². The van der Waals surface area contributed by atoms with Crippen molar-refractivity contribution >= 4 is 83.3 Å². The van der Waals surface area contributed by atoms with Crippen LogP contribution in [0, 0.1) is 0 Å². The number of carbonyl (C=O) groups excluding carboxylic acids is 8. The molecule has 33 nitrogen and oxygen atoms in total. The third-order valence-corrected chi connectivity index (χ3v) is 17.5. The summed E-state index contributed by atoms with van der Waals surface area (Å²) in [6.07, 6.45) is 7.66. The molecular weight excluding hydrogens is 1410 g/mol. The summed E-state index contributed by atoms with van der Waals surface area (Å²) in [5.74, 6) is -10.4. The van der Waals surface area contributed by atoms with Crippen LogP contribution in [0.5, 0.6) is 0 Å². The smallest absolute Gasteiger partial charge is 0.326 e. The van der Waals surface area contributed by atoms with Crippen LogP contribution in [-0.4, -0.2) is 188 Å². The molecule has 10 amide bonds. The van der Waals surface area contributed by atoms with Gasteiger partial charge in [-0.1, -0.05) is 160 Å². The van der Waals surface area contributed by atoms with Crippen LogP contribution in [-0.2, 0) is 83.2 Å². The van der Waals surface area contributed by atoms with Gasteiger partial charge >= 0.3 is 47.9 Å². The molecule has 109 heavy (non-hydrogen) atoms. The molecule has 4 aromatic rings. The van der Waals surface area contributed by atoms with Gasteiger partial charge in [0.15, 0.2) is 0 Å². The molecule has 0 aliphatic heterocycles. The number of hydrogen-bond donors (Lipinski definition) is 19. The van der Waals surface area contributed by atoms with Crippen molar-refractivity contribution in [3.63, 3.8) is 0 Å². The van der Waals surface area contributed by atoms with E-state index in [1.165, 1.54) is 0 Å². The SMILES string of the molecule is O=C(O)CCC(NC(=O)NC(CCCCNC(=O)CCCCCCCNC(=O)C(Cc1ccccc1)NC(=O)C(Cc1ccccc1)NNNC(Cc1ccccc1)C(=O)NC(Cc1ccccc1)C(=O)NCCCCCCCC(=O)NCCCCC(NC(=O)NC(CCC(=O)O)C(=O)O)C(=O)O)C(=O)O)C(=O)O. The number of amides is 10. The molecule has 0 aliphatic rings. The number of hydrogen-bond acceptors (Lipinski definition) is 17. The topological polar surface area (TPSA) is 517 Å². The lowest BCUT2D eigenvalue weighted by molar-refractivity contribution is -0.142. The Morgan fingerprint density at radius 3 is 0.826 bits per heavy atom. The normalized spacial score (nSPS) is 13.1. The van der Waals surface area contributed by atoms with Gasteiger partial charge in [0.1, 0.15) is 48.3 Å². The van der Waals surface area contributed by atoms with E-state index in [1.54, 1.807) is 0 Å². The molecule has 4 rings (SSSR count). The first-order valence-electron chi connectivity index (χ1n) is 37.0. The quantitative estimate of drug-likeness (QED) is 0.0220. The zero-order valence-electron chi connectivity index (χ0n) is 61.3. The number of carbonyl (C=O) groups is 14. The van der Waals surface area contributed by atoms with E-state index in [-0.39, 0.29) is 76.3 Å². The molecule has 0 bridgehead atoms. The number of hydrazine groups is 2. The minimum atomic E-state index is -1.53. The summed E-state index contributed by atoms with van der Waals surface area (Å²) in [6, 6.07) is 25.0. The molecule has 19 N–H and O–H groups in total. The van der Waals surface area contributed by atoms with Crippen molar-refractivity contribution in [2.24, 2.45) is 0 Å². The number of unbranched alkanes of at least 4 members (excludes halogenated alkanes) is 10. The third kappa shape index (κ3) is 40.5. The van der Waals surface area contributed by atoms with E-state index in [4.69, 9.17) is 10.2 Å². The summed E-state index contributed by atoms with van der Waals surface area (Å²) >= 11 is 0. The van der Waals surface area contributed by atoms with E-state index in [0.717, 1.165) is 60.8 Å². The summed E-state index contributed by atoms with van der Waals surface area (Å²) in [7, 11) is 0. The van der Waals surface area contributed by atoms with Crippen LogP contribution in [0.25, 0.3) is 0 Å². The molecule has 0 aromatic heterocycles. The summed E-state index contributed by atoms with van der Waals surface area (Å²) in [6.45, 7) is 1.15. The van der Waals surface area contributed by atoms with Gasteiger partial charge < -0.3 is 83.8 Å². The van der Waals surface area contributed by atoms with Crippen molar-refractivity contribution in [3.05, 3.63) is 144 Å². The fraction of sp³-hybridized carbons (Fsp3) is 0.500. The number of carboxylic acid groups (broad SMARTS) is 6. The Labute approximate surface area is 633 Å². The molecule has 596 valence electrons. The van der Waals surface area contributed by atoms with Gasteiger partial charge in [0, 0.05) is 64.7 Å². The summed E-state index contributed by atoms with van der Waals surface area (Å²) in [4.78, 5) is 175. The van der Waals surface area contributed by atoms with Crippen molar-refractivity contribution in [1.82, 2.24) is 69.6 Å². The maximum atomic E-state index is 14.6. The lowest BCUT2D eigenvalue weighted by Gasteiger charge is -2.26. The molecule has 33 heteroatoms. The van der Waals surface area contributed by atoms with Gasteiger partial charge in [-0.05, 0) is 112 Å². The Morgan fingerprint density at radius 1 is 0.257 bits per heavy atom. The largest absolute Gasteiger partial charge is 0.481 e. The van der Waals surface area contributed by atoms with Crippen LogP contribution in [0.4, 0.5) is 9.59 Å². The predicted molar refractivity (Wildman–Crippen MR) is 399 cm³/mol. The van der Waals surface area contributed by atoms with Crippen LogP contribution < -0.4 is 69.6 Å². The van der Waals surface area contributed by atoms with Gasteiger partial charge in [-0.15, -0.1) is 0 Å². The second-order valence-electron chi connectivity index (χ2n) is 26.4. The lowest BCUT2D eigenvalue weighted by atomic mass is 10.0. The molecule has 8 atom stereocenters. The first kappa shape index (κ1) is 90.3. The maximum Gasteiger partial charge on any atom is 0.326 e. The number of rotatable bonds is 58. The van der Waals surface area contributed by atoms with Gasteiger partial charge in [-0.3, -0.25) is 38.4 Å². The highest BCUT2D eigenvalue weighted by Crippen LogP contribution is 2.14. The third-order valence-electron chi connectivity index (χ3n) is 17.5. The van der Waals surface area contributed by atoms with E-state index in [0.29, 0.717) is 64.5 Å². The second kappa shape index (κ2) is 52.8. The molecule has 8 unspecified atom stereocenters. The van der Waals surface area contributed by atoms with Gasteiger partial charge in [0.05, 0.1) is 0 Å². The van der Waals surface area contributed by atoms with Gasteiger partial charge in [-0.2, -0.15) is 5.53 Å². The zero-order chi connectivity index (χ0) is 79.6. The summed E-state index contributed by atoms with van der Waals surface area (Å²) < 4.78 is 0. The monoisotopic (exact) mass is 1520 g/mol. The molecule has 0 spiro atoms. The minimum Gasteiger partial charge on any atom is -0.481 e. The number of carboxylic acids is 6. The Kier molecular flexibility index (Phi) is 43.8. The van der Waals surface area contributed by atoms with Gasteiger partial charge in [0.25, 0.3) is 0 Å². The van der Waals surface area contributed by atoms with E-state index in [2.05, 4.69) is 69.6 Å². The highest BCUT2D eigenvalue weighted by atomic mass is 16.4. The van der Waals surface area contributed by atoms with Crippen molar-refractivity contribution in [1.29, 1.82) is 0 Å². The van der Waals surface area contributed by atoms with Crippen molar-refractivity contribution in [2.45, 2.75) is 215 Å². The highest BCUT2D eigenvalue weighted by Gasteiger charge is 2.31. The molecule has 0 fully saturated rings. The molecule has 4 aromatic carbocycles. The van der Waals surface area contributed by atoms with Crippen LogP contribution >= 0.6 is 0 Å². The Balaban J connectivity index is 1.25. The highest BCUT2D eigenvalue weighted by molar-refractivity contribution is 5.92. The number of benzene rings is 4. The fourth-order valence-electron chi connectivity index (χ4n) is 11.4. The summed E-state index contributed by atoms with van der Waals surface area (Å²) in [5, 5.41) is 81.5. The Bertz CT molecular complexity index is 3270. The number of nitrogens with one attached hydrogen (secondary N) is 13. The lowest BCUT2D eigenvalue weighted by Crippen LogP contribution is -2.62. The standard InChI is InChI=1S/C76H107N13O20/c90-63(77-43-25-21-35-55(71(100)101)83-75(108)85-57(73(104)105)39-41-65(92)93)37-19-3-1-5-23-45-79-67(96)59(47-51-27-11-7-12-28-51)81-69(98)61(49-53-31-15-9-16-32-53)87-89-88-62(50-54-33-17-10-18-34-54)70(99)82-60(48-52-29-13-8-14-30-52)68(97)80-46-24-6-2-4-20-38-64(91)78-44-26-22-36-56(72(102)103)84-76(109)86-58(74(106)107)40-42-66(94)95/h7-18,27-34,55-62,87-89H,1-6,19-26,35-50H2,(H,77,90)(H,78,91)(H,79,96)(H,80,97)(H,81,98)(H,82,99)(H,92,93)(H,94,95)(H,100,101)(H,102,103)(H,104,105)(H,106,107)(H2,83,85,108)(H2,84,86,109). The molecule has 0 saturated heterocycles. The van der Waals surface area contributed by atoms with Crippen molar-refractivity contribution < 1.29 is 97.8 Å². The molecular formula is C76H107N13O20. The van der Waals surface area contributed by atoms with Gasteiger partial charge in [-0.25, -0.2) is 39.6 Å². The minimum absolute atomic E-state index is 0.00943. The second-order valence-corrected chi connectivity index (χ2v) is 26.4. The average molecular weight is 1520 g/mol. The summed E-state index contributed by atoms with van der Waals surface area (Å²) in [5.41, 5.74) is 12.2. The van der Waals surface area contributed by atoms with Gasteiger partial charge in [0.2, 0.25) is 35.4 Å². The van der Waals surface area contributed by atoms with Crippen molar-refractivity contribution in [3.8, 4) is 0 Å². The fourth-order valence-corrected chi connectivity index (χ4v) is 11.4. The zero-order valence-corrected chi connectivity index (χ0v) is 61.3. The number of urea groups is 2.